The maximum absolute atomic E-state index is 11.5. The smallest absolute Gasteiger partial charge is 0.203 e. The number of hydrogen-bond acceptors (Lipinski definition) is 2. The van der Waals surface area contributed by atoms with Crippen molar-refractivity contribution in [2.45, 2.75) is 26.7 Å². The molecule has 0 fully saturated rings. The van der Waals surface area contributed by atoms with Gasteiger partial charge in [-0.1, -0.05) is 13.8 Å². The Bertz CT molecular complexity index is 206. The monoisotopic (exact) mass is 154 g/mol. The number of hydrogen-bond donors (Lipinski definition) is 0. The fourth-order valence-corrected chi connectivity index (χ4v) is 1.28. The summed E-state index contributed by atoms with van der Waals surface area (Å²) < 4.78 is 4.93. The van der Waals surface area contributed by atoms with Gasteiger partial charge in [0.05, 0.1) is 7.11 Å². The molecule has 1 aliphatic carbocycles. The van der Waals surface area contributed by atoms with E-state index >= 15 is 0 Å². The molecule has 1 unspecified atom stereocenters. The quantitative estimate of drug-likeness (QED) is 0.607. The highest BCUT2D eigenvalue weighted by molar-refractivity contribution is 6.00. The lowest BCUT2D eigenvalue weighted by atomic mass is 9.84. The molecule has 1 atom stereocenters. The number of allylic oxidation sites excluding steroid dienone is 2. The Hall–Kier alpha value is -0.790. The maximum Gasteiger partial charge on any atom is 0.203 e. The molecular formula is C9H14O2. The van der Waals surface area contributed by atoms with Gasteiger partial charge >= 0.3 is 0 Å². The molecule has 0 aromatic heterocycles. The zero-order valence-corrected chi connectivity index (χ0v) is 7.31. The minimum Gasteiger partial charge on any atom is -0.493 e. The normalized spacial score (nSPS) is 30.5. The highest BCUT2D eigenvalue weighted by atomic mass is 16.5. The summed E-state index contributed by atoms with van der Waals surface area (Å²) in [5.74, 6) is 0.692. The first kappa shape index (κ1) is 8.31. The minimum absolute atomic E-state index is 0.155. The Morgan fingerprint density at radius 3 is 2.64 bits per heavy atom. The number of ketones is 1. The van der Waals surface area contributed by atoms with Gasteiger partial charge in [-0.25, -0.2) is 0 Å². The highest BCUT2D eigenvalue weighted by Crippen LogP contribution is 2.36. The Morgan fingerprint density at radius 2 is 2.36 bits per heavy atom. The van der Waals surface area contributed by atoms with E-state index in [1.807, 2.05) is 19.9 Å². The molecule has 0 saturated heterocycles. The van der Waals surface area contributed by atoms with Crippen molar-refractivity contribution >= 4 is 5.78 Å². The van der Waals surface area contributed by atoms with Crippen LogP contribution in [-0.2, 0) is 9.53 Å². The topological polar surface area (TPSA) is 26.3 Å². The van der Waals surface area contributed by atoms with Crippen LogP contribution < -0.4 is 0 Å². The summed E-state index contributed by atoms with van der Waals surface area (Å²) in [6.07, 6.45) is 3.59. The summed E-state index contributed by atoms with van der Waals surface area (Å²) in [7, 11) is 1.55. The van der Waals surface area contributed by atoms with Crippen LogP contribution in [0.1, 0.15) is 26.7 Å². The standard InChI is InChI=1S/C9H14O2/c1-4-9(2)6-5-7(11-3)8(9)10/h5H,4,6H2,1-3H3. The summed E-state index contributed by atoms with van der Waals surface area (Å²) >= 11 is 0. The van der Waals surface area contributed by atoms with Crippen LogP contribution in [0.15, 0.2) is 11.8 Å². The van der Waals surface area contributed by atoms with E-state index in [0.29, 0.717) is 5.76 Å². The van der Waals surface area contributed by atoms with Crippen molar-refractivity contribution in [3.63, 3.8) is 0 Å². The van der Waals surface area contributed by atoms with E-state index in [0.717, 1.165) is 12.8 Å². The molecule has 62 valence electrons. The maximum atomic E-state index is 11.5. The van der Waals surface area contributed by atoms with Crippen molar-refractivity contribution in [3.8, 4) is 0 Å². The summed E-state index contributed by atoms with van der Waals surface area (Å²) in [4.78, 5) is 11.5. The number of ether oxygens (including phenoxy) is 1. The van der Waals surface area contributed by atoms with Gasteiger partial charge in [-0.2, -0.15) is 0 Å². The number of carbonyl (C=O) groups is 1. The largest absolute Gasteiger partial charge is 0.493 e. The molecule has 0 aromatic rings. The van der Waals surface area contributed by atoms with E-state index < -0.39 is 0 Å². The van der Waals surface area contributed by atoms with Gasteiger partial charge in [0, 0.05) is 5.41 Å². The lowest BCUT2D eigenvalue weighted by molar-refractivity contribution is -0.125. The van der Waals surface area contributed by atoms with Crippen molar-refractivity contribution in [1.29, 1.82) is 0 Å². The first-order valence-corrected chi connectivity index (χ1v) is 3.93. The molecule has 0 saturated carbocycles. The summed E-state index contributed by atoms with van der Waals surface area (Å²) in [6.45, 7) is 4.02. The van der Waals surface area contributed by atoms with E-state index in [2.05, 4.69) is 0 Å². The molecule has 0 aliphatic heterocycles. The molecule has 2 heteroatoms. The summed E-state index contributed by atoms with van der Waals surface area (Å²) in [6, 6.07) is 0. The van der Waals surface area contributed by atoms with Crippen molar-refractivity contribution in [3.05, 3.63) is 11.8 Å². The van der Waals surface area contributed by atoms with E-state index in [9.17, 15) is 4.79 Å². The van der Waals surface area contributed by atoms with Gasteiger partial charge in [0.25, 0.3) is 0 Å². The number of Topliss-reactive ketones (excluding diaryl/α,β-unsaturated/α-hetero) is 1. The van der Waals surface area contributed by atoms with Crippen LogP contribution in [0.4, 0.5) is 0 Å². The summed E-state index contributed by atoms with van der Waals surface area (Å²) in [5, 5.41) is 0. The fraction of sp³-hybridized carbons (Fsp3) is 0.667. The van der Waals surface area contributed by atoms with Crippen LogP contribution in [0.25, 0.3) is 0 Å². The molecule has 0 spiro atoms. The Labute approximate surface area is 67.2 Å². The SMILES string of the molecule is CCC1(C)CC=C(OC)C1=O. The third-order valence-electron chi connectivity index (χ3n) is 2.51. The van der Waals surface area contributed by atoms with Crippen LogP contribution >= 0.6 is 0 Å². The van der Waals surface area contributed by atoms with Crippen molar-refractivity contribution in [2.24, 2.45) is 5.41 Å². The van der Waals surface area contributed by atoms with Gasteiger partial charge < -0.3 is 4.74 Å². The molecule has 0 aromatic carbocycles. The number of carbonyl (C=O) groups excluding carboxylic acids is 1. The van der Waals surface area contributed by atoms with Gasteiger partial charge in [0.1, 0.15) is 0 Å². The van der Waals surface area contributed by atoms with Crippen LogP contribution in [0.3, 0.4) is 0 Å². The highest BCUT2D eigenvalue weighted by Gasteiger charge is 2.38. The average Bonchev–Trinajstić information content (AvgIpc) is 2.31. The van der Waals surface area contributed by atoms with Crippen molar-refractivity contribution in [1.82, 2.24) is 0 Å². The zero-order chi connectivity index (χ0) is 8.48. The van der Waals surface area contributed by atoms with Crippen molar-refractivity contribution in [2.75, 3.05) is 7.11 Å². The summed E-state index contributed by atoms with van der Waals surface area (Å²) in [5.41, 5.74) is -0.189. The minimum atomic E-state index is -0.189. The van der Waals surface area contributed by atoms with E-state index in [4.69, 9.17) is 4.74 Å². The molecule has 1 rings (SSSR count). The van der Waals surface area contributed by atoms with E-state index in [1.165, 1.54) is 0 Å². The first-order valence-electron chi connectivity index (χ1n) is 3.93. The zero-order valence-electron chi connectivity index (χ0n) is 7.31. The Balaban J connectivity index is 2.78. The molecule has 0 amide bonds. The van der Waals surface area contributed by atoms with Gasteiger partial charge in [0.2, 0.25) is 5.78 Å². The van der Waals surface area contributed by atoms with Crippen LogP contribution in [0.2, 0.25) is 0 Å². The number of rotatable bonds is 2. The molecule has 11 heavy (non-hydrogen) atoms. The lowest BCUT2D eigenvalue weighted by Gasteiger charge is -2.18. The van der Waals surface area contributed by atoms with Crippen LogP contribution in [0, 0.1) is 5.41 Å². The number of methoxy groups -OCH3 is 1. The van der Waals surface area contributed by atoms with E-state index in [-0.39, 0.29) is 11.2 Å². The van der Waals surface area contributed by atoms with Crippen LogP contribution in [-0.4, -0.2) is 12.9 Å². The molecule has 0 N–H and O–H groups in total. The third kappa shape index (κ3) is 1.17. The van der Waals surface area contributed by atoms with E-state index in [1.54, 1.807) is 7.11 Å². The third-order valence-corrected chi connectivity index (χ3v) is 2.51. The van der Waals surface area contributed by atoms with Crippen molar-refractivity contribution < 1.29 is 9.53 Å². The second-order valence-electron chi connectivity index (χ2n) is 3.22. The van der Waals surface area contributed by atoms with Gasteiger partial charge in [-0.05, 0) is 18.9 Å². The average molecular weight is 154 g/mol. The predicted octanol–water partition coefficient (Wildman–Crippen LogP) is 1.91. The molecule has 0 heterocycles. The lowest BCUT2D eigenvalue weighted by Crippen LogP contribution is -2.23. The second kappa shape index (κ2) is 2.68. The molecule has 2 nitrogen and oxygen atoms in total. The van der Waals surface area contributed by atoms with Gasteiger partial charge in [-0.15, -0.1) is 0 Å². The molecule has 0 bridgehead atoms. The molecular weight excluding hydrogens is 140 g/mol. The van der Waals surface area contributed by atoms with Gasteiger partial charge in [-0.3, -0.25) is 4.79 Å². The molecule has 1 aliphatic rings. The Kier molecular flexibility index (Phi) is 2.03. The first-order chi connectivity index (χ1) is 5.14. The fourth-order valence-electron chi connectivity index (χ4n) is 1.28. The molecule has 0 radical (unpaired) electrons. The predicted molar refractivity (Wildman–Crippen MR) is 43.1 cm³/mol. The van der Waals surface area contributed by atoms with Crippen LogP contribution in [0.5, 0.6) is 0 Å². The second-order valence-corrected chi connectivity index (χ2v) is 3.22. The Morgan fingerprint density at radius 1 is 1.73 bits per heavy atom. The van der Waals surface area contributed by atoms with Gasteiger partial charge in [0.15, 0.2) is 5.76 Å².